The number of piperidine rings is 1. The van der Waals surface area contributed by atoms with Crippen molar-refractivity contribution in [2.24, 2.45) is 5.92 Å². The Balaban J connectivity index is 1.18. The van der Waals surface area contributed by atoms with Crippen LogP contribution in [0.3, 0.4) is 0 Å². The van der Waals surface area contributed by atoms with Gasteiger partial charge in [-0.15, -0.1) is 0 Å². The largest absolute Gasteiger partial charge is 0.496 e. The summed E-state index contributed by atoms with van der Waals surface area (Å²) >= 11 is 0. The molecule has 1 atom stereocenters. The summed E-state index contributed by atoms with van der Waals surface area (Å²) in [4.78, 5) is 15.6. The van der Waals surface area contributed by atoms with E-state index in [1.54, 1.807) is 19.2 Å². The number of carbonyl (C=O) groups excluding carboxylic acids is 1. The van der Waals surface area contributed by atoms with Crippen LogP contribution in [0.2, 0.25) is 0 Å². The Bertz CT molecular complexity index is 1460. The molecule has 1 N–H and O–H groups in total. The Hall–Kier alpha value is -3.71. The molecule has 4 aromatic rings. The molecular formula is C30H30FN3O3. The normalized spacial score (nSPS) is 17.5. The summed E-state index contributed by atoms with van der Waals surface area (Å²) in [5, 5.41) is 8.60. The van der Waals surface area contributed by atoms with E-state index >= 15 is 0 Å². The second-order valence-electron chi connectivity index (χ2n) is 10.0. The van der Waals surface area contributed by atoms with Crippen LogP contribution >= 0.6 is 0 Å². The highest BCUT2D eigenvalue weighted by atomic mass is 19.1. The first kappa shape index (κ1) is 23.7. The van der Waals surface area contributed by atoms with Crippen molar-refractivity contribution in [3.63, 3.8) is 0 Å². The van der Waals surface area contributed by atoms with E-state index in [0.717, 1.165) is 60.3 Å². The number of nitrogens with zero attached hydrogens (tertiary/aromatic N) is 2. The van der Waals surface area contributed by atoms with E-state index in [1.807, 2.05) is 30.3 Å². The van der Waals surface area contributed by atoms with Crippen LogP contribution in [0.1, 0.15) is 40.7 Å². The zero-order valence-corrected chi connectivity index (χ0v) is 20.9. The molecular weight excluding hydrogens is 469 g/mol. The number of H-pyrrole nitrogens is 1. The molecule has 0 saturated carbocycles. The molecule has 2 aliphatic rings. The quantitative estimate of drug-likeness (QED) is 0.326. The third kappa shape index (κ3) is 4.71. The Kier molecular flexibility index (Phi) is 6.38. The summed E-state index contributed by atoms with van der Waals surface area (Å²) in [6.45, 7) is 2.85. The molecule has 0 radical (unpaired) electrons. The van der Waals surface area contributed by atoms with E-state index in [0.29, 0.717) is 36.4 Å². The van der Waals surface area contributed by atoms with Gasteiger partial charge in [0.15, 0.2) is 5.78 Å². The van der Waals surface area contributed by atoms with Crippen LogP contribution in [0.5, 0.6) is 11.5 Å². The molecule has 6 rings (SSSR count). The van der Waals surface area contributed by atoms with Gasteiger partial charge in [-0.1, -0.05) is 6.07 Å². The lowest BCUT2D eigenvalue weighted by Gasteiger charge is -2.32. The molecule has 3 heterocycles. The van der Waals surface area contributed by atoms with Gasteiger partial charge in [0.25, 0.3) is 0 Å². The van der Waals surface area contributed by atoms with Gasteiger partial charge in [-0.25, -0.2) is 4.39 Å². The second-order valence-corrected chi connectivity index (χ2v) is 10.0. The number of nitrogens with one attached hydrogen (secondary N) is 1. The van der Waals surface area contributed by atoms with Crippen molar-refractivity contribution < 1.29 is 18.7 Å². The summed E-state index contributed by atoms with van der Waals surface area (Å²) in [7, 11) is 1.57. The van der Waals surface area contributed by atoms with E-state index in [9.17, 15) is 9.18 Å². The smallest absolute Gasteiger partial charge is 0.163 e. The lowest BCUT2D eigenvalue weighted by molar-refractivity contribution is 0.0911. The molecule has 1 aromatic heterocycles. The molecule has 7 heteroatoms. The lowest BCUT2D eigenvalue weighted by atomic mass is 9.90. The van der Waals surface area contributed by atoms with Gasteiger partial charge in [-0.2, -0.15) is 5.10 Å². The van der Waals surface area contributed by atoms with Crippen LogP contribution in [0.4, 0.5) is 4.39 Å². The number of ether oxygens (including phenoxy) is 2. The number of aromatic amines is 1. The van der Waals surface area contributed by atoms with Crippen molar-refractivity contribution in [3.05, 3.63) is 77.1 Å². The predicted molar refractivity (Wildman–Crippen MR) is 141 cm³/mol. The van der Waals surface area contributed by atoms with Gasteiger partial charge in [-0.3, -0.25) is 14.8 Å². The number of hydrogen-bond donors (Lipinski definition) is 1. The maximum atomic E-state index is 14.5. The first-order valence-corrected chi connectivity index (χ1v) is 12.9. The van der Waals surface area contributed by atoms with Crippen molar-refractivity contribution in [3.8, 4) is 22.8 Å². The summed E-state index contributed by atoms with van der Waals surface area (Å²) in [5.41, 5.74) is 5.25. The number of carbonyl (C=O) groups is 1. The number of rotatable bonds is 7. The number of ketones is 1. The summed E-state index contributed by atoms with van der Waals surface area (Å²) in [6.07, 6.45) is 3.35. The Morgan fingerprint density at radius 2 is 2.14 bits per heavy atom. The number of likely N-dealkylation sites (tertiary alicyclic amines) is 1. The van der Waals surface area contributed by atoms with Gasteiger partial charge < -0.3 is 9.47 Å². The fourth-order valence-corrected chi connectivity index (χ4v) is 5.69. The Morgan fingerprint density at radius 3 is 3.03 bits per heavy atom. The van der Waals surface area contributed by atoms with Crippen LogP contribution in [-0.4, -0.2) is 47.7 Å². The highest BCUT2D eigenvalue weighted by Crippen LogP contribution is 2.34. The Labute approximate surface area is 215 Å². The molecule has 0 bridgehead atoms. The molecule has 1 fully saturated rings. The minimum Gasteiger partial charge on any atom is -0.496 e. The predicted octanol–water partition coefficient (Wildman–Crippen LogP) is 5.80. The van der Waals surface area contributed by atoms with E-state index in [2.05, 4.69) is 21.2 Å². The molecule has 0 amide bonds. The second kappa shape index (κ2) is 9.98. The molecule has 0 aliphatic carbocycles. The molecule has 6 nitrogen and oxygen atoms in total. The van der Waals surface area contributed by atoms with E-state index in [4.69, 9.17) is 9.47 Å². The van der Waals surface area contributed by atoms with Gasteiger partial charge in [0.05, 0.1) is 24.9 Å². The topological polar surface area (TPSA) is 67.5 Å². The van der Waals surface area contributed by atoms with E-state index < -0.39 is 0 Å². The molecule has 190 valence electrons. The van der Waals surface area contributed by atoms with Crippen LogP contribution in [0.25, 0.3) is 22.2 Å². The van der Waals surface area contributed by atoms with Crippen LogP contribution < -0.4 is 9.47 Å². The van der Waals surface area contributed by atoms with Crippen molar-refractivity contribution >= 4 is 16.7 Å². The molecule has 3 aromatic carbocycles. The molecule has 2 aliphatic heterocycles. The van der Waals surface area contributed by atoms with Crippen LogP contribution in [0.15, 0.2) is 54.6 Å². The zero-order chi connectivity index (χ0) is 25.4. The summed E-state index contributed by atoms with van der Waals surface area (Å²) in [5.74, 6) is 1.62. The molecule has 0 spiro atoms. The number of benzene rings is 3. The summed E-state index contributed by atoms with van der Waals surface area (Å²) < 4.78 is 25.5. The number of methoxy groups -OCH3 is 1. The third-order valence-corrected chi connectivity index (χ3v) is 7.60. The van der Waals surface area contributed by atoms with Gasteiger partial charge in [0, 0.05) is 48.0 Å². The van der Waals surface area contributed by atoms with Gasteiger partial charge in [0.2, 0.25) is 0 Å². The monoisotopic (exact) mass is 499 g/mol. The van der Waals surface area contributed by atoms with Crippen molar-refractivity contribution in [1.82, 2.24) is 15.1 Å². The van der Waals surface area contributed by atoms with Crippen molar-refractivity contribution in [2.45, 2.75) is 32.2 Å². The van der Waals surface area contributed by atoms with E-state index in [-0.39, 0.29) is 17.5 Å². The van der Waals surface area contributed by atoms with E-state index in [1.165, 1.54) is 11.6 Å². The summed E-state index contributed by atoms with van der Waals surface area (Å²) in [6, 6.07) is 16.9. The molecule has 1 saturated heterocycles. The average Bonchev–Trinajstić information content (AvgIpc) is 3.56. The minimum atomic E-state index is -0.252. The number of aromatic nitrogens is 2. The highest BCUT2D eigenvalue weighted by Gasteiger charge is 2.25. The number of Topliss-reactive ketones (excluding diaryl/α,β-unsaturated/α-hetero) is 1. The SMILES string of the molecule is COc1cccc(F)c1CN1CCCC(CC(=O)c2ccc3[nH]nc(-c4ccc5c(c4)CCO5)c3c2)C1. The first-order valence-electron chi connectivity index (χ1n) is 12.9. The third-order valence-electron chi connectivity index (χ3n) is 7.60. The number of fused-ring (bicyclic) bond motifs is 2. The molecule has 37 heavy (non-hydrogen) atoms. The average molecular weight is 500 g/mol. The van der Waals surface area contributed by atoms with Gasteiger partial charge in [-0.05, 0) is 79.4 Å². The van der Waals surface area contributed by atoms with Crippen LogP contribution in [0, 0.1) is 11.7 Å². The Morgan fingerprint density at radius 1 is 1.22 bits per heavy atom. The van der Waals surface area contributed by atoms with Crippen molar-refractivity contribution in [1.29, 1.82) is 0 Å². The fourth-order valence-electron chi connectivity index (χ4n) is 5.69. The fraction of sp³-hybridized carbons (Fsp3) is 0.333. The standard InChI is InChI=1S/C30H30FN3O3/c1-36-29-6-2-5-25(31)24(29)18-34-12-3-4-19(17-34)14-27(35)20-7-9-26-23(16-20)30(33-32-26)22-8-10-28-21(15-22)11-13-37-28/h2,5-10,15-16,19H,3-4,11-14,17-18H2,1H3,(H,32,33). The van der Waals surface area contributed by atoms with Crippen LogP contribution in [-0.2, 0) is 13.0 Å². The maximum Gasteiger partial charge on any atom is 0.163 e. The maximum absolute atomic E-state index is 14.5. The number of halogens is 1. The van der Waals surface area contributed by atoms with Gasteiger partial charge in [0.1, 0.15) is 17.3 Å². The first-order chi connectivity index (χ1) is 18.1. The number of hydrogen-bond acceptors (Lipinski definition) is 5. The lowest BCUT2D eigenvalue weighted by Crippen LogP contribution is -2.36. The minimum absolute atomic E-state index is 0.131. The van der Waals surface area contributed by atoms with Gasteiger partial charge >= 0.3 is 0 Å². The van der Waals surface area contributed by atoms with Crippen molar-refractivity contribution in [2.75, 3.05) is 26.8 Å². The molecule has 1 unspecified atom stereocenters. The highest BCUT2D eigenvalue weighted by molar-refractivity contribution is 6.02. The zero-order valence-electron chi connectivity index (χ0n) is 20.9.